The number of hydrogen-bond donors (Lipinski definition) is 3. The molecule has 0 spiro atoms. The maximum absolute atomic E-state index is 10.1. The van der Waals surface area contributed by atoms with Gasteiger partial charge in [-0.05, 0) is 0 Å². The van der Waals surface area contributed by atoms with Crippen molar-refractivity contribution in [3.63, 3.8) is 0 Å². The van der Waals surface area contributed by atoms with Crippen LogP contribution in [0.15, 0.2) is 30.6 Å². The Morgan fingerprint density at radius 3 is 2.23 bits per heavy atom. The number of rotatable bonds is 15. The summed E-state index contributed by atoms with van der Waals surface area (Å²) in [6, 6.07) is 9.20. The second-order valence-electron chi connectivity index (χ2n) is 10.9. The number of nitrogen functional groups attached to an aromatic ring is 1. The molecule has 0 unspecified atom stereocenters. The van der Waals surface area contributed by atoms with Crippen molar-refractivity contribution in [1.82, 2.24) is 19.5 Å². The second-order valence-corrected chi connectivity index (χ2v) is 24.1. The molecule has 10 heteroatoms. The molecular formula is C29H45N5O4Sn. The number of anilines is 1. The van der Waals surface area contributed by atoms with Gasteiger partial charge in [0.2, 0.25) is 0 Å². The summed E-state index contributed by atoms with van der Waals surface area (Å²) in [6.45, 7) is 7.03. The minimum atomic E-state index is -2.46. The fourth-order valence-corrected chi connectivity index (χ4v) is 21.7. The van der Waals surface area contributed by atoms with Crippen LogP contribution in [0.4, 0.5) is 5.95 Å². The molecule has 1 aromatic carbocycles. The summed E-state index contributed by atoms with van der Waals surface area (Å²) in [5.41, 5.74) is 8.07. The first kappa shape index (κ1) is 30.0. The zero-order valence-corrected chi connectivity index (χ0v) is 26.5. The van der Waals surface area contributed by atoms with Crippen molar-refractivity contribution >= 4 is 39.1 Å². The predicted octanol–water partition coefficient (Wildman–Crippen LogP) is 4.68. The molecule has 3 atom stereocenters. The molecule has 39 heavy (non-hydrogen) atoms. The van der Waals surface area contributed by atoms with E-state index in [0.29, 0.717) is 30.1 Å². The first-order valence-electron chi connectivity index (χ1n) is 14.6. The molecule has 3 heterocycles. The minimum absolute atomic E-state index is 0.0773. The molecule has 2 aromatic heterocycles. The molecule has 1 saturated heterocycles. The van der Waals surface area contributed by atoms with Crippen molar-refractivity contribution in [1.29, 1.82) is 0 Å². The third kappa shape index (κ3) is 7.04. The molecule has 9 nitrogen and oxygen atoms in total. The Labute approximate surface area is 236 Å². The molecule has 0 amide bonds. The quantitative estimate of drug-likeness (QED) is 0.203. The summed E-state index contributed by atoms with van der Waals surface area (Å²) in [4.78, 5) is 13.1. The van der Waals surface area contributed by atoms with Crippen molar-refractivity contribution in [2.24, 2.45) is 0 Å². The standard InChI is InChI=1S/C17H18N5O4.3C4H9.Sn/c18-17-20-15-14(16(21-17)25-8-10-4-2-1-3-5-10)19-9-22(15)13-6-11(24)12(7-23)26-13;3*1-3-4-2;/h2-5,9,11-13,23-24H,6-8H2,(H2,18,20,21);3*1,3-4H2,2H3;/t11-,12+,13+;;;;/m0..../s1. The van der Waals surface area contributed by atoms with Crippen LogP contribution in [-0.2, 0) is 11.3 Å². The van der Waals surface area contributed by atoms with E-state index in [1.807, 2.05) is 0 Å². The van der Waals surface area contributed by atoms with E-state index in [2.05, 4.69) is 60.0 Å². The van der Waals surface area contributed by atoms with Crippen LogP contribution in [0.3, 0.4) is 0 Å². The fourth-order valence-electron chi connectivity index (χ4n) is 5.73. The molecule has 1 fully saturated rings. The molecule has 0 aliphatic carbocycles. The molecule has 214 valence electrons. The van der Waals surface area contributed by atoms with E-state index in [1.165, 1.54) is 51.8 Å². The van der Waals surface area contributed by atoms with Crippen molar-refractivity contribution in [3.8, 4) is 5.88 Å². The average molecular weight is 646 g/mol. The molecule has 0 saturated carbocycles. The Morgan fingerprint density at radius 2 is 1.67 bits per heavy atom. The van der Waals surface area contributed by atoms with Crippen molar-refractivity contribution < 1.29 is 19.7 Å². The van der Waals surface area contributed by atoms with Gasteiger partial charge in [0.25, 0.3) is 0 Å². The fraction of sp³-hybridized carbons (Fsp3) is 0.621. The number of hydrogen-bond acceptors (Lipinski definition) is 8. The maximum atomic E-state index is 10.1. The van der Waals surface area contributed by atoms with Crippen LogP contribution in [-0.4, -0.2) is 66.9 Å². The van der Waals surface area contributed by atoms with Gasteiger partial charge >= 0.3 is 208 Å². The monoisotopic (exact) mass is 647 g/mol. The summed E-state index contributed by atoms with van der Waals surface area (Å²) in [7, 11) is 0. The predicted molar refractivity (Wildman–Crippen MR) is 157 cm³/mol. The van der Waals surface area contributed by atoms with E-state index in [-0.39, 0.29) is 12.6 Å². The van der Waals surface area contributed by atoms with Gasteiger partial charge in [-0.15, -0.1) is 0 Å². The Bertz CT molecular complexity index is 1170. The van der Waals surface area contributed by atoms with Crippen LogP contribution in [0.5, 0.6) is 5.88 Å². The number of aliphatic hydroxyl groups excluding tert-OH is 2. The van der Waals surface area contributed by atoms with E-state index >= 15 is 0 Å². The second kappa shape index (κ2) is 14.1. The van der Waals surface area contributed by atoms with Gasteiger partial charge in [0.05, 0.1) is 12.7 Å². The van der Waals surface area contributed by atoms with Gasteiger partial charge in [0, 0.05) is 0 Å². The van der Waals surface area contributed by atoms with Crippen molar-refractivity contribution in [2.75, 3.05) is 12.3 Å². The zero-order chi connectivity index (χ0) is 27.8. The molecule has 3 aromatic rings. The normalized spacial score (nSPS) is 19.7. The van der Waals surface area contributed by atoms with Gasteiger partial charge in [-0.3, -0.25) is 0 Å². The third-order valence-electron chi connectivity index (χ3n) is 8.07. The van der Waals surface area contributed by atoms with Crippen LogP contribution < -0.4 is 14.0 Å². The molecular weight excluding hydrogens is 601 g/mol. The topological polar surface area (TPSA) is 129 Å². The number of benzene rings is 1. The van der Waals surface area contributed by atoms with Crippen LogP contribution in [0.25, 0.3) is 11.2 Å². The van der Waals surface area contributed by atoms with E-state index in [1.54, 1.807) is 14.5 Å². The summed E-state index contributed by atoms with van der Waals surface area (Å²) in [5, 5.41) is 19.6. The number of ether oxygens (including phenoxy) is 2. The number of unbranched alkanes of at least 4 members (excludes halogenated alkanes) is 3. The van der Waals surface area contributed by atoms with Gasteiger partial charge in [0.1, 0.15) is 6.10 Å². The van der Waals surface area contributed by atoms with Crippen LogP contribution >= 0.6 is 0 Å². The average Bonchev–Trinajstić information content (AvgIpc) is 3.54. The van der Waals surface area contributed by atoms with E-state index in [4.69, 9.17) is 15.2 Å². The summed E-state index contributed by atoms with van der Waals surface area (Å²) in [6.07, 6.45) is 7.85. The molecule has 4 N–H and O–H groups in total. The van der Waals surface area contributed by atoms with Crippen LogP contribution in [0.1, 0.15) is 77.5 Å². The van der Waals surface area contributed by atoms with Gasteiger partial charge in [-0.2, -0.15) is 0 Å². The molecule has 4 rings (SSSR count). The SMILES string of the molecule is CCC[CH2][Sn]([CH2]CCC)([CH2]CCC)[c]1ccc(COc2nc(N)nc3c2ncn3[C@H]2C[C@H](O)[C@@H](CO)O2)cc1. The number of aliphatic hydroxyl groups is 2. The Morgan fingerprint density at radius 1 is 1.03 bits per heavy atom. The number of aromatic nitrogens is 4. The molecule has 1 aliphatic heterocycles. The summed E-state index contributed by atoms with van der Waals surface area (Å²) in [5.74, 6) is 0.397. The van der Waals surface area contributed by atoms with E-state index in [9.17, 15) is 10.2 Å². The van der Waals surface area contributed by atoms with Gasteiger partial charge in [-0.25, -0.2) is 0 Å². The number of nitrogens with zero attached hydrogens (tertiary/aromatic N) is 4. The van der Waals surface area contributed by atoms with E-state index in [0.717, 1.165) is 5.56 Å². The van der Waals surface area contributed by atoms with Crippen molar-refractivity contribution in [3.05, 3.63) is 36.2 Å². The van der Waals surface area contributed by atoms with Gasteiger partial charge in [0.15, 0.2) is 0 Å². The van der Waals surface area contributed by atoms with Crippen LogP contribution in [0.2, 0.25) is 13.3 Å². The van der Waals surface area contributed by atoms with Gasteiger partial charge < -0.3 is 10.2 Å². The first-order chi connectivity index (χ1) is 18.9. The Balaban J connectivity index is 1.51. The van der Waals surface area contributed by atoms with Crippen molar-refractivity contribution in [2.45, 2.75) is 104 Å². The molecule has 0 radical (unpaired) electrons. The number of imidazole rings is 1. The number of nitrogens with two attached hydrogens (primary N) is 1. The zero-order valence-electron chi connectivity index (χ0n) is 23.7. The Hall–Kier alpha value is -1.95. The third-order valence-corrected chi connectivity index (χ3v) is 23.7. The summed E-state index contributed by atoms with van der Waals surface area (Å²) < 4.78 is 19.6. The van der Waals surface area contributed by atoms with Gasteiger partial charge in [-0.1, -0.05) is 0 Å². The van der Waals surface area contributed by atoms with Crippen LogP contribution in [0, 0.1) is 0 Å². The Kier molecular flexibility index (Phi) is 10.8. The first-order valence-corrected chi connectivity index (χ1v) is 22.1. The number of fused-ring (bicyclic) bond motifs is 1. The van der Waals surface area contributed by atoms with E-state index < -0.39 is 36.8 Å². The molecule has 1 aliphatic rings. The summed E-state index contributed by atoms with van der Waals surface area (Å²) >= 11 is -2.46. The molecule has 0 bridgehead atoms.